The number of rotatable bonds is 4. The normalized spacial score (nSPS) is 15.5. The van der Waals surface area contributed by atoms with Gasteiger partial charge in [0.15, 0.2) is 0 Å². The summed E-state index contributed by atoms with van der Waals surface area (Å²) in [7, 11) is 0. The lowest BCUT2D eigenvalue weighted by atomic mass is 9.98. The van der Waals surface area contributed by atoms with Gasteiger partial charge in [0.25, 0.3) is 5.91 Å². The van der Waals surface area contributed by atoms with Gasteiger partial charge in [0, 0.05) is 13.1 Å². The number of piperidine rings is 1. The van der Waals surface area contributed by atoms with Crippen LogP contribution in [0.15, 0.2) is 28.8 Å². The van der Waals surface area contributed by atoms with Crippen molar-refractivity contribution in [1.82, 2.24) is 10.1 Å². The summed E-state index contributed by atoms with van der Waals surface area (Å²) in [6.07, 6.45) is 2.13. The Kier molecular flexibility index (Phi) is 4.88. The molecule has 24 heavy (non-hydrogen) atoms. The van der Waals surface area contributed by atoms with Crippen molar-refractivity contribution >= 4 is 5.91 Å². The molecule has 5 heteroatoms. The number of amides is 1. The highest BCUT2D eigenvalue weighted by Gasteiger charge is 2.24. The van der Waals surface area contributed by atoms with E-state index >= 15 is 0 Å². The van der Waals surface area contributed by atoms with Crippen molar-refractivity contribution in [3.8, 4) is 5.75 Å². The topological polar surface area (TPSA) is 55.6 Å². The highest BCUT2D eigenvalue weighted by atomic mass is 16.5. The van der Waals surface area contributed by atoms with E-state index in [4.69, 9.17) is 9.26 Å². The lowest BCUT2D eigenvalue weighted by Gasteiger charge is -2.30. The molecule has 5 nitrogen and oxygen atoms in total. The fourth-order valence-electron chi connectivity index (χ4n) is 3.01. The molecule has 1 saturated heterocycles. The van der Waals surface area contributed by atoms with E-state index in [1.165, 1.54) is 0 Å². The number of aromatic nitrogens is 1. The zero-order valence-corrected chi connectivity index (χ0v) is 14.5. The van der Waals surface area contributed by atoms with Crippen LogP contribution in [0.1, 0.15) is 47.1 Å². The number of hydrogen-bond acceptors (Lipinski definition) is 4. The van der Waals surface area contributed by atoms with Crippen LogP contribution in [0.3, 0.4) is 0 Å². The Labute approximate surface area is 142 Å². The second kappa shape index (κ2) is 7.07. The number of likely N-dealkylation sites (tertiary alicyclic amines) is 1. The zero-order chi connectivity index (χ0) is 17.1. The average Bonchev–Trinajstić information content (AvgIpc) is 2.91. The Morgan fingerprint density at radius 1 is 1.29 bits per heavy atom. The molecule has 1 aromatic carbocycles. The summed E-state index contributed by atoms with van der Waals surface area (Å²) in [5.41, 5.74) is 2.38. The van der Waals surface area contributed by atoms with Gasteiger partial charge in [0.1, 0.15) is 18.1 Å². The zero-order valence-electron chi connectivity index (χ0n) is 14.5. The number of para-hydroxylation sites is 1. The summed E-state index contributed by atoms with van der Waals surface area (Å²) < 4.78 is 11.1. The van der Waals surface area contributed by atoms with Crippen LogP contribution in [0.25, 0.3) is 0 Å². The molecule has 3 rings (SSSR count). The van der Waals surface area contributed by atoms with Gasteiger partial charge in [-0.2, -0.15) is 0 Å². The maximum atomic E-state index is 12.8. The summed E-state index contributed by atoms with van der Waals surface area (Å²) in [5, 5.41) is 3.94. The van der Waals surface area contributed by atoms with Gasteiger partial charge in [0.05, 0.1) is 16.8 Å². The summed E-state index contributed by atoms with van der Waals surface area (Å²) in [6, 6.07) is 7.45. The first-order valence-electron chi connectivity index (χ1n) is 8.49. The van der Waals surface area contributed by atoms with E-state index in [2.05, 4.69) is 12.1 Å². The molecule has 0 radical (unpaired) electrons. The molecule has 0 aliphatic carbocycles. The van der Waals surface area contributed by atoms with Gasteiger partial charge in [-0.25, -0.2) is 0 Å². The monoisotopic (exact) mass is 328 g/mol. The van der Waals surface area contributed by atoms with Crippen molar-refractivity contribution in [2.24, 2.45) is 5.92 Å². The molecule has 0 unspecified atom stereocenters. The molecule has 1 aliphatic rings. The van der Waals surface area contributed by atoms with Gasteiger partial charge in [0.2, 0.25) is 0 Å². The van der Waals surface area contributed by atoms with E-state index in [1.54, 1.807) is 0 Å². The SMILES string of the molecule is Cc1noc(C)c1COc1ccccc1C(=O)N1CCC(C)CC1. The first kappa shape index (κ1) is 16.6. The molecule has 0 N–H and O–H groups in total. The number of benzene rings is 1. The van der Waals surface area contributed by atoms with E-state index < -0.39 is 0 Å². The van der Waals surface area contributed by atoms with Gasteiger partial charge in [-0.3, -0.25) is 4.79 Å². The molecule has 0 spiro atoms. The molecular weight excluding hydrogens is 304 g/mol. The minimum Gasteiger partial charge on any atom is -0.488 e. The Morgan fingerprint density at radius 2 is 2.00 bits per heavy atom. The predicted molar refractivity (Wildman–Crippen MR) is 91.1 cm³/mol. The van der Waals surface area contributed by atoms with Crippen LogP contribution in [0.4, 0.5) is 0 Å². The molecule has 0 bridgehead atoms. The first-order chi connectivity index (χ1) is 11.6. The maximum absolute atomic E-state index is 12.8. The van der Waals surface area contributed by atoms with Crippen molar-refractivity contribution in [3.63, 3.8) is 0 Å². The number of nitrogens with zero attached hydrogens (tertiary/aromatic N) is 2. The van der Waals surface area contributed by atoms with E-state index in [1.807, 2.05) is 43.0 Å². The smallest absolute Gasteiger partial charge is 0.257 e. The minimum atomic E-state index is 0.0521. The molecule has 2 aromatic rings. The van der Waals surface area contributed by atoms with E-state index in [0.717, 1.165) is 42.9 Å². The van der Waals surface area contributed by atoms with Crippen LogP contribution >= 0.6 is 0 Å². The van der Waals surface area contributed by atoms with Gasteiger partial charge in [-0.1, -0.05) is 24.2 Å². The molecule has 2 heterocycles. The standard InChI is InChI=1S/C19H24N2O3/c1-13-8-10-21(11-9-13)19(22)16-6-4-5-7-18(16)23-12-17-14(2)20-24-15(17)3/h4-7,13H,8-12H2,1-3H3. The van der Waals surface area contributed by atoms with Crippen LogP contribution in [0, 0.1) is 19.8 Å². The molecule has 0 saturated carbocycles. The molecule has 1 fully saturated rings. The predicted octanol–water partition coefficient (Wildman–Crippen LogP) is 3.74. The van der Waals surface area contributed by atoms with E-state index in [0.29, 0.717) is 23.8 Å². The second-order valence-corrected chi connectivity index (χ2v) is 6.56. The van der Waals surface area contributed by atoms with Crippen LogP contribution < -0.4 is 4.74 Å². The molecule has 1 aromatic heterocycles. The lowest BCUT2D eigenvalue weighted by molar-refractivity contribution is 0.0692. The number of ether oxygens (including phenoxy) is 1. The quantitative estimate of drug-likeness (QED) is 0.858. The van der Waals surface area contributed by atoms with Crippen LogP contribution in [0.2, 0.25) is 0 Å². The fraction of sp³-hybridized carbons (Fsp3) is 0.474. The van der Waals surface area contributed by atoms with E-state index in [-0.39, 0.29) is 5.91 Å². The Hall–Kier alpha value is -2.30. The number of carbonyl (C=O) groups excluding carboxylic acids is 1. The van der Waals surface area contributed by atoms with Gasteiger partial charge in [-0.05, 0) is 44.7 Å². The third kappa shape index (κ3) is 3.45. The van der Waals surface area contributed by atoms with E-state index in [9.17, 15) is 4.79 Å². The third-order valence-electron chi connectivity index (χ3n) is 4.74. The van der Waals surface area contributed by atoms with Crippen LogP contribution in [-0.2, 0) is 6.61 Å². The molecule has 1 aliphatic heterocycles. The number of carbonyl (C=O) groups is 1. The fourth-order valence-corrected chi connectivity index (χ4v) is 3.01. The van der Waals surface area contributed by atoms with Crippen LogP contribution in [-0.4, -0.2) is 29.1 Å². The van der Waals surface area contributed by atoms with Crippen molar-refractivity contribution in [3.05, 3.63) is 46.8 Å². The van der Waals surface area contributed by atoms with Crippen molar-refractivity contribution in [2.45, 2.75) is 40.2 Å². The van der Waals surface area contributed by atoms with Gasteiger partial charge >= 0.3 is 0 Å². The van der Waals surface area contributed by atoms with Crippen molar-refractivity contribution in [2.75, 3.05) is 13.1 Å². The molecule has 128 valence electrons. The maximum Gasteiger partial charge on any atom is 0.257 e. The highest BCUT2D eigenvalue weighted by molar-refractivity contribution is 5.97. The van der Waals surface area contributed by atoms with Crippen LogP contribution in [0.5, 0.6) is 5.75 Å². The molecule has 1 amide bonds. The number of hydrogen-bond donors (Lipinski definition) is 0. The van der Waals surface area contributed by atoms with Crippen molar-refractivity contribution < 1.29 is 14.1 Å². The van der Waals surface area contributed by atoms with Crippen molar-refractivity contribution in [1.29, 1.82) is 0 Å². The van der Waals surface area contributed by atoms with Gasteiger partial charge < -0.3 is 14.2 Å². The Bertz CT molecular complexity index is 696. The summed E-state index contributed by atoms with van der Waals surface area (Å²) >= 11 is 0. The summed E-state index contributed by atoms with van der Waals surface area (Å²) in [6.45, 7) is 7.98. The minimum absolute atomic E-state index is 0.0521. The molecular formula is C19H24N2O3. The number of aryl methyl sites for hydroxylation is 2. The Balaban J connectivity index is 1.74. The molecule has 0 atom stereocenters. The average molecular weight is 328 g/mol. The third-order valence-corrected chi connectivity index (χ3v) is 4.74. The second-order valence-electron chi connectivity index (χ2n) is 6.56. The first-order valence-corrected chi connectivity index (χ1v) is 8.49. The summed E-state index contributed by atoms with van der Waals surface area (Å²) in [4.78, 5) is 14.8. The van der Waals surface area contributed by atoms with Gasteiger partial charge in [-0.15, -0.1) is 0 Å². The highest BCUT2D eigenvalue weighted by Crippen LogP contribution is 2.25. The Morgan fingerprint density at radius 3 is 2.67 bits per heavy atom. The lowest BCUT2D eigenvalue weighted by Crippen LogP contribution is -2.38. The largest absolute Gasteiger partial charge is 0.488 e. The summed E-state index contributed by atoms with van der Waals surface area (Å²) in [5.74, 6) is 2.11.